The lowest BCUT2D eigenvalue weighted by Gasteiger charge is -2.03. The highest BCUT2D eigenvalue weighted by molar-refractivity contribution is 6.37. The number of nitrogens with zero attached hydrogens (tertiary/aromatic N) is 1. The zero-order chi connectivity index (χ0) is 13.8. The molecule has 0 radical (unpaired) electrons. The molecule has 0 atom stereocenters. The van der Waals surface area contributed by atoms with Gasteiger partial charge in [0, 0.05) is 28.5 Å². The zero-order valence-corrected chi connectivity index (χ0v) is 11.3. The molecule has 0 unspecified atom stereocenters. The molecule has 1 heterocycles. The van der Waals surface area contributed by atoms with Crippen molar-refractivity contribution in [2.45, 2.75) is 6.42 Å². The van der Waals surface area contributed by atoms with Crippen LogP contribution in [-0.2, 0) is 0 Å². The van der Waals surface area contributed by atoms with Crippen molar-refractivity contribution < 1.29 is 9.59 Å². The number of hydrogen-bond donors (Lipinski definition) is 0. The molecule has 0 aliphatic carbocycles. The number of Topliss-reactive ketones (excluding diaryl/α,β-unsaturated/α-hetero) is 2. The molecule has 19 heavy (non-hydrogen) atoms. The quantitative estimate of drug-likeness (QED) is 0.635. The first-order valence-corrected chi connectivity index (χ1v) is 6.25. The summed E-state index contributed by atoms with van der Waals surface area (Å²) in [4.78, 5) is 27.7. The number of carbonyl (C=O) groups excluding carboxylic acids is 2. The molecule has 0 amide bonds. The number of ketones is 2. The lowest BCUT2D eigenvalue weighted by atomic mass is 10.0. The van der Waals surface area contributed by atoms with Gasteiger partial charge in [0.1, 0.15) is 0 Å². The molecular formula is C14H9Cl2NO2. The first-order chi connectivity index (χ1) is 9.08. The molecular weight excluding hydrogens is 285 g/mol. The minimum atomic E-state index is -0.337. The smallest absolute Gasteiger partial charge is 0.172 e. The van der Waals surface area contributed by atoms with E-state index in [2.05, 4.69) is 4.98 Å². The molecule has 0 aliphatic heterocycles. The van der Waals surface area contributed by atoms with Gasteiger partial charge >= 0.3 is 0 Å². The fourth-order valence-electron chi connectivity index (χ4n) is 1.59. The molecule has 0 saturated heterocycles. The van der Waals surface area contributed by atoms with Crippen LogP contribution in [0.15, 0.2) is 42.7 Å². The first-order valence-electron chi connectivity index (χ1n) is 5.49. The second-order valence-corrected chi connectivity index (χ2v) is 4.73. The summed E-state index contributed by atoms with van der Waals surface area (Å²) in [6, 6.07) is 7.82. The molecule has 0 N–H and O–H groups in total. The van der Waals surface area contributed by atoms with Gasteiger partial charge in [-0.3, -0.25) is 14.6 Å². The third-order valence-corrected chi connectivity index (χ3v) is 3.08. The third-order valence-electron chi connectivity index (χ3n) is 2.54. The van der Waals surface area contributed by atoms with Gasteiger partial charge in [-0.1, -0.05) is 23.2 Å². The van der Waals surface area contributed by atoms with Crippen molar-refractivity contribution in [3.8, 4) is 0 Å². The average molecular weight is 294 g/mol. The lowest BCUT2D eigenvalue weighted by Crippen LogP contribution is -2.09. The number of hydrogen-bond acceptors (Lipinski definition) is 3. The number of rotatable bonds is 4. The number of benzene rings is 1. The van der Waals surface area contributed by atoms with Gasteiger partial charge in [-0.15, -0.1) is 0 Å². The first kappa shape index (κ1) is 13.7. The summed E-state index contributed by atoms with van der Waals surface area (Å²) in [5.74, 6) is -0.625. The molecule has 2 rings (SSSR count). The van der Waals surface area contributed by atoms with Crippen LogP contribution < -0.4 is 0 Å². The molecule has 1 aromatic carbocycles. The second kappa shape index (κ2) is 5.95. The molecule has 0 aliphatic rings. The SMILES string of the molecule is O=C(CC(=O)c1ccc(Cl)cc1Cl)c1cccnc1. The Morgan fingerprint density at radius 2 is 1.89 bits per heavy atom. The molecule has 3 nitrogen and oxygen atoms in total. The van der Waals surface area contributed by atoms with Gasteiger partial charge < -0.3 is 0 Å². The molecule has 0 fully saturated rings. The summed E-state index contributed by atoms with van der Waals surface area (Å²) in [5, 5.41) is 0.691. The number of carbonyl (C=O) groups is 2. The fourth-order valence-corrected chi connectivity index (χ4v) is 2.10. The number of aromatic nitrogens is 1. The van der Waals surface area contributed by atoms with E-state index in [0.717, 1.165) is 0 Å². The number of halogens is 2. The fraction of sp³-hybridized carbons (Fsp3) is 0.0714. The van der Waals surface area contributed by atoms with E-state index in [0.29, 0.717) is 16.1 Å². The van der Waals surface area contributed by atoms with Gasteiger partial charge in [-0.2, -0.15) is 0 Å². The van der Waals surface area contributed by atoms with E-state index < -0.39 is 0 Å². The molecule has 2 aromatic rings. The second-order valence-electron chi connectivity index (χ2n) is 3.89. The van der Waals surface area contributed by atoms with Crippen LogP contribution in [0, 0.1) is 0 Å². The van der Waals surface area contributed by atoms with Crippen LogP contribution in [0.5, 0.6) is 0 Å². The van der Waals surface area contributed by atoms with Crippen LogP contribution in [0.4, 0.5) is 0 Å². The third kappa shape index (κ3) is 3.40. The maximum Gasteiger partial charge on any atom is 0.172 e. The Bertz CT molecular complexity index is 627. The summed E-state index contributed by atoms with van der Waals surface area (Å²) < 4.78 is 0. The Kier molecular flexibility index (Phi) is 4.30. The lowest BCUT2D eigenvalue weighted by molar-refractivity contribution is 0.0894. The van der Waals surface area contributed by atoms with E-state index in [4.69, 9.17) is 23.2 Å². The largest absolute Gasteiger partial charge is 0.294 e. The zero-order valence-electron chi connectivity index (χ0n) is 9.77. The summed E-state index contributed by atoms with van der Waals surface area (Å²) in [6.45, 7) is 0. The average Bonchev–Trinajstić information content (AvgIpc) is 2.39. The van der Waals surface area contributed by atoms with Gasteiger partial charge in [0.15, 0.2) is 11.6 Å². The van der Waals surface area contributed by atoms with Crippen molar-refractivity contribution in [3.05, 3.63) is 63.9 Å². The van der Waals surface area contributed by atoms with E-state index in [-0.39, 0.29) is 23.0 Å². The highest BCUT2D eigenvalue weighted by atomic mass is 35.5. The maximum atomic E-state index is 12.0. The molecule has 5 heteroatoms. The van der Waals surface area contributed by atoms with E-state index in [1.807, 2.05) is 0 Å². The van der Waals surface area contributed by atoms with Crippen molar-refractivity contribution in [1.82, 2.24) is 4.98 Å². The molecule has 0 saturated carbocycles. The Hall–Kier alpha value is -1.71. The highest BCUT2D eigenvalue weighted by Crippen LogP contribution is 2.22. The van der Waals surface area contributed by atoms with Gasteiger partial charge in [0.25, 0.3) is 0 Å². The summed E-state index contributed by atoms with van der Waals surface area (Å²) in [6.07, 6.45) is 2.75. The van der Waals surface area contributed by atoms with Crippen molar-refractivity contribution in [3.63, 3.8) is 0 Å². The minimum Gasteiger partial charge on any atom is -0.294 e. The van der Waals surface area contributed by atoms with Crippen LogP contribution in [0.2, 0.25) is 10.0 Å². The Balaban J connectivity index is 2.15. The van der Waals surface area contributed by atoms with Crippen LogP contribution in [0.25, 0.3) is 0 Å². The van der Waals surface area contributed by atoms with Crippen molar-refractivity contribution in [2.75, 3.05) is 0 Å². The van der Waals surface area contributed by atoms with Crippen LogP contribution in [0.1, 0.15) is 27.1 Å². The predicted molar refractivity (Wildman–Crippen MR) is 74.0 cm³/mol. The van der Waals surface area contributed by atoms with E-state index in [1.54, 1.807) is 24.4 Å². The summed E-state index contributed by atoms with van der Waals surface area (Å²) >= 11 is 11.7. The van der Waals surface area contributed by atoms with Crippen LogP contribution >= 0.6 is 23.2 Å². The van der Waals surface area contributed by atoms with Crippen molar-refractivity contribution in [1.29, 1.82) is 0 Å². The van der Waals surface area contributed by atoms with E-state index in [9.17, 15) is 9.59 Å². The van der Waals surface area contributed by atoms with Crippen LogP contribution in [0.3, 0.4) is 0 Å². The monoisotopic (exact) mass is 293 g/mol. The minimum absolute atomic E-state index is 0.243. The van der Waals surface area contributed by atoms with Gasteiger partial charge in [0.2, 0.25) is 0 Å². The van der Waals surface area contributed by atoms with Crippen molar-refractivity contribution >= 4 is 34.8 Å². The van der Waals surface area contributed by atoms with Gasteiger partial charge in [-0.05, 0) is 30.3 Å². The topological polar surface area (TPSA) is 47.0 Å². The molecule has 0 spiro atoms. The molecule has 1 aromatic heterocycles. The highest BCUT2D eigenvalue weighted by Gasteiger charge is 2.16. The molecule has 0 bridgehead atoms. The molecule has 96 valence electrons. The van der Waals surface area contributed by atoms with E-state index in [1.165, 1.54) is 18.3 Å². The maximum absolute atomic E-state index is 12.0. The van der Waals surface area contributed by atoms with Crippen LogP contribution in [-0.4, -0.2) is 16.6 Å². The summed E-state index contributed by atoms with van der Waals surface area (Å²) in [7, 11) is 0. The van der Waals surface area contributed by atoms with Crippen molar-refractivity contribution in [2.24, 2.45) is 0 Å². The van der Waals surface area contributed by atoms with Gasteiger partial charge in [-0.25, -0.2) is 0 Å². The predicted octanol–water partition coefficient (Wildman–Crippen LogP) is 3.84. The van der Waals surface area contributed by atoms with Gasteiger partial charge in [0.05, 0.1) is 11.4 Å². The van der Waals surface area contributed by atoms with E-state index >= 15 is 0 Å². The Labute approximate surface area is 120 Å². The Morgan fingerprint density at radius 3 is 2.53 bits per heavy atom. The number of pyridine rings is 1. The Morgan fingerprint density at radius 1 is 1.11 bits per heavy atom. The summed E-state index contributed by atoms with van der Waals surface area (Å²) in [5.41, 5.74) is 0.698. The standard InChI is InChI=1S/C14H9Cl2NO2/c15-10-3-4-11(12(16)6-10)14(19)7-13(18)9-2-1-5-17-8-9/h1-6,8H,7H2. The normalized spacial score (nSPS) is 10.2.